The number of nitrogens with two attached hydrogens (primary N) is 1. The molecule has 3 rings (SSSR count). The number of hydrogen-bond donors (Lipinski definition) is 3. The largest absolute Gasteiger partial charge is 0.366 e. The number of primary amides is 1. The van der Waals surface area contributed by atoms with Crippen molar-refractivity contribution in [1.29, 1.82) is 0 Å². The first kappa shape index (κ1) is 16.1. The zero-order chi connectivity index (χ0) is 17.1. The average Bonchev–Trinajstić information content (AvgIpc) is 2.98. The second-order valence-corrected chi connectivity index (χ2v) is 5.87. The van der Waals surface area contributed by atoms with Crippen LogP contribution in [0.15, 0.2) is 48.7 Å². The van der Waals surface area contributed by atoms with Gasteiger partial charge in [0.15, 0.2) is 0 Å². The number of aromatic nitrogens is 1. The van der Waals surface area contributed by atoms with E-state index in [2.05, 4.69) is 10.3 Å². The van der Waals surface area contributed by atoms with E-state index in [9.17, 15) is 9.59 Å². The monoisotopic (exact) mass is 341 g/mol. The zero-order valence-electron chi connectivity index (χ0n) is 12.8. The minimum Gasteiger partial charge on any atom is -0.366 e. The molecule has 1 heterocycles. The minimum absolute atomic E-state index is 0.177. The predicted octanol–water partition coefficient (Wildman–Crippen LogP) is 3.49. The number of para-hydroxylation sites is 1. The number of rotatable bonds is 5. The molecule has 2 aromatic carbocycles. The number of carbonyl (C=O) groups is 2. The Hall–Kier alpha value is -2.79. The molecule has 0 aliphatic carbocycles. The number of amides is 2. The third-order valence-electron chi connectivity index (χ3n) is 3.82. The first-order chi connectivity index (χ1) is 11.5. The number of anilines is 1. The van der Waals surface area contributed by atoms with E-state index >= 15 is 0 Å². The van der Waals surface area contributed by atoms with Crippen LogP contribution in [0.3, 0.4) is 0 Å². The van der Waals surface area contributed by atoms with Crippen LogP contribution in [0.1, 0.15) is 22.3 Å². The van der Waals surface area contributed by atoms with Crippen molar-refractivity contribution >= 4 is 40.0 Å². The molecule has 0 saturated heterocycles. The maximum atomic E-state index is 12.2. The molecule has 5 nitrogen and oxygen atoms in total. The van der Waals surface area contributed by atoms with Crippen LogP contribution in [-0.4, -0.2) is 16.8 Å². The Morgan fingerprint density at radius 2 is 1.96 bits per heavy atom. The van der Waals surface area contributed by atoms with E-state index in [1.165, 1.54) is 18.2 Å². The highest BCUT2D eigenvalue weighted by molar-refractivity contribution is 6.33. The number of fused-ring (bicyclic) bond motifs is 1. The molecule has 4 N–H and O–H groups in total. The first-order valence-corrected chi connectivity index (χ1v) is 7.86. The van der Waals surface area contributed by atoms with Gasteiger partial charge in [-0.15, -0.1) is 0 Å². The fraction of sp³-hybridized carbons (Fsp3) is 0.111. The van der Waals surface area contributed by atoms with Gasteiger partial charge in [-0.2, -0.15) is 0 Å². The van der Waals surface area contributed by atoms with Crippen LogP contribution < -0.4 is 11.1 Å². The normalized spacial score (nSPS) is 10.7. The van der Waals surface area contributed by atoms with Crippen LogP contribution in [0.25, 0.3) is 10.9 Å². The van der Waals surface area contributed by atoms with Crippen LogP contribution in [0.2, 0.25) is 5.02 Å². The number of H-pyrrole nitrogens is 1. The van der Waals surface area contributed by atoms with E-state index in [0.29, 0.717) is 29.1 Å². The Morgan fingerprint density at radius 1 is 1.17 bits per heavy atom. The molecule has 0 aliphatic heterocycles. The predicted molar refractivity (Wildman–Crippen MR) is 95.2 cm³/mol. The van der Waals surface area contributed by atoms with Crippen LogP contribution in [-0.2, 0) is 11.2 Å². The van der Waals surface area contributed by atoms with Crippen molar-refractivity contribution in [1.82, 2.24) is 4.98 Å². The third kappa shape index (κ3) is 3.41. The lowest BCUT2D eigenvalue weighted by Gasteiger charge is -2.08. The highest BCUT2D eigenvalue weighted by Crippen LogP contribution is 2.24. The average molecular weight is 342 g/mol. The molecule has 0 spiro atoms. The molecule has 6 heteroatoms. The Kier molecular flexibility index (Phi) is 4.53. The molecule has 1 aromatic heterocycles. The van der Waals surface area contributed by atoms with Crippen molar-refractivity contribution in [3.05, 3.63) is 64.8 Å². The number of benzene rings is 2. The van der Waals surface area contributed by atoms with Gasteiger partial charge >= 0.3 is 0 Å². The van der Waals surface area contributed by atoms with Crippen LogP contribution >= 0.6 is 11.6 Å². The van der Waals surface area contributed by atoms with Gasteiger partial charge in [0.2, 0.25) is 11.8 Å². The topological polar surface area (TPSA) is 88.0 Å². The van der Waals surface area contributed by atoms with E-state index in [0.717, 1.165) is 16.5 Å². The summed E-state index contributed by atoms with van der Waals surface area (Å²) in [6.07, 6.45) is 2.82. The van der Waals surface area contributed by atoms with Gasteiger partial charge in [0, 0.05) is 29.1 Å². The fourth-order valence-electron chi connectivity index (χ4n) is 2.57. The van der Waals surface area contributed by atoms with Crippen LogP contribution in [0, 0.1) is 0 Å². The quantitative estimate of drug-likeness (QED) is 0.663. The molecule has 0 unspecified atom stereocenters. The van der Waals surface area contributed by atoms with Crippen molar-refractivity contribution in [3.8, 4) is 0 Å². The standard InChI is InChI=1S/C18H16ClN3O2/c19-14-7-5-11(18(20)24)9-16(14)22-17(23)8-6-12-10-21-15-4-2-1-3-13(12)15/h1-5,7,9-10,21H,6,8H2,(H2,20,24)(H,22,23). The van der Waals surface area contributed by atoms with Gasteiger partial charge in [-0.25, -0.2) is 0 Å². The lowest BCUT2D eigenvalue weighted by atomic mass is 10.1. The molecule has 2 amide bonds. The van der Waals surface area contributed by atoms with Crippen molar-refractivity contribution in [3.63, 3.8) is 0 Å². The van der Waals surface area contributed by atoms with Gasteiger partial charge in [-0.1, -0.05) is 29.8 Å². The maximum absolute atomic E-state index is 12.2. The van der Waals surface area contributed by atoms with E-state index in [1.807, 2.05) is 30.5 Å². The molecule has 24 heavy (non-hydrogen) atoms. The Labute approximate surface area is 143 Å². The first-order valence-electron chi connectivity index (χ1n) is 7.49. The van der Waals surface area contributed by atoms with E-state index in [4.69, 9.17) is 17.3 Å². The van der Waals surface area contributed by atoms with Crippen molar-refractivity contribution < 1.29 is 9.59 Å². The van der Waals surface area contributed by atoms with Gasteiger partial charge in [0.05, 0.1) is 10.7 Å². The summed E-state index contributed by atoms with van der Waals surface area (Å²) in [4.78, 5) is 26.6. The van der Waals surface area contributed by atoms with Crippen LogP contribution in [0.4, 0.5) is 5.69 Å². The highest BCUT2D eigenvalue weighted by Gasteiger charge is 2.11. The summed E-state index contributed by atoms with van der Waals surface area (Å²) in [5.74, 6) is -0.746. The minimum atomic E-state index is -0.569. The number of nitrogens with one attached hydrogen (secondary N) is 2. The molecule has 0 aliphatic rings. The SMILES string of the molecule is NC(=O)c1ccc(Cl)c(NC(=O)CCc2c[nH]c3ccccc23)c1. The zero-order valence-corrected chi connectivity index (χ0v) is 13.6. The smallest absolute Gasteiger partial charge is 0.248 e. The number of aromatic amines is 1. The van der Waals surface area contributed by atoms with E-state index < -0.39 is 5.91 Å². The van der Waals surface area contributed by atoms with Gasteiger partial charge in [0.1, 0.15) is 0 Å². The number of hydrogen-bond acceptors (Lipinski definition) is 2. The molecule has 0 fully saturated rings. The molecule has 0 bridgehead atoms. The number of carbonyl (C=O) groups excluding carboxylic acids is 2. The molecular formula is C18H16ClN3O2. The van der Waals surface area contributed by atoms with Gasteiger partial charge in [-0.3, -0.25) is 9.59 Å². The second-order valence-electron chi connectivity index (χ2n) is 5.47. The molecule has 0 saturated carbocycles. The molecule has 0 atom stereocenters. The summed E-state index contributed by atoms with van der Waals surface area (Å²) in [6, 6.07) is 12.5. The lowest BCUT2D eigenvalue weighted by molar-refractivity contribution is -0.116. The number of halogens is 1. The molecular weight excluding hydrogens is 326 g/mol. The maximum Gasteiger partial charge on any atom is 0.248 e. The van der Waals surface area contributed by atoms with Gasteiger partial charge < -0.3 is 16.0 Å². The number of aryl methyl sites for hydroxylation is 1. The lowest BCUT2D eigenvalue weighted by Crippen LogP contribution is -2.15. The van der Waals surface area contributed by atoms with Crippen molar-refractivity contribution in [2.75, 3.05) is 5.32 Å². The summed E-state index contributed by atoms with van der Waals surface area (Å²) in [5, 5.41) is 4.20. The Morgan fingerprint density at radius 3 is 2.75 bits per heavy atom. The van der Waals surface area contributed by atoms with E-state index in [-0.39, 0.29) is 5.91 Å². The van der Waals surface area contributed by atoms with Crippen molar-refractivity contribution in [2.24, 2.45) is 5.73 Å². The Bertz CT molecular complexity index is 918. The van der Waals surface area contributed by atoms with Crippen LogP contribution in [0.5, 0.6) is 0 Å². The summed E-state index contributed by atoms with van der Waals surface area (Å²) in [7, 11) is 0. The van der Waals surface area contributed by atoms with E-state index in [1.54, 1.807) is 0 Å². The summed E-state index contributed by atoms with van der Waals surface area (Å²) >= 11 is 6.05. The second kappa shape index (κ2) is 6.76. The fourth-order valence-corrected chi connectivity index (χ4v) is 2.74. The van der Waals surface area contributed by atoms with Gasteiger partial charge in [0.25, 0.3) is 0 Å². The summed E-state index contributed by atoms with van der Waals surface area (Å²) in [5.41, 5.74) is 8.05. The summed E-state index contributed by atoms with van der Waals surface area (Å²) < 4.78 is 0. The molecule has 0 radical (unpaired) electrons. The molecule has 122 valence electrons. The summed E-state index contributed by atoms with van der Waals surface area (Å²) in [6.45, 7) is 0. The highest BCUT2D eigenvalue weighted by atomic mass is 35.5. The Balaban J connectivity index is 1.68. The third-order valence-corrected chi connectivity index (χ3v) is 4.15. The van der Waals surface area contributed by atoms with Crippen molar-refractivity contribution in [2.45, 2.75) is 12.8 Å². The molecule has 3 aromatic rings. The van der Waals surface area contributed by atoms with Gasteiger partial charge in [-0.05, 0) is 36.2 Å².